The van der Waals surface area contributed by atoms with Gasteiger partial charge >= 0.3 is 6.09 Å². The van der Waals surface area contributed by atoms with Gasteiger partial charge in [0.1, 0.15) is 6.61 Å². The molecular formula is C14H20N2O2. The molecule has 2 N–H and O–H groups in total. The Balaban J connectivity index is 1.74. The summed E-state index contributed by atoms with van der Waals surface area (Å²) in [7, 11) is 0. The van der Waals surface area contributed by atoms with Gasteiger partial charge in [0.25, 0.3) is 0 Å². The second-order valence-corrected chi connectivity index (χ2v) is 4.64. The number of benzene rings is 1. The third kappa shape index (κ3) is 3.47. The first kappa shape index (κ1) is 12.9. The zero-order chi connectivity index (χ0) is 12.8. The number of hydrogen-bond donors (Lipinski definition) is 2. The van der Waals surface area contributed by atoms with Crippen molar-refractivity contribution in [3.8, 4) is 0 Å². The summed E-state index contributed by atoms with van der Waals surface area (Å²) in [5, 5.41) is 6.15. The first-order chi connectivity index (χ1) is 8.79. The molecule has 0 aliphatic carbocycles. The molecule has 1 aliphatic rings. The molecule has 0 bridgehead atoms. The molecule has 0 saturated carbocycles. The predicted molar refractivity (Wildman–Crippen MR) is 70.2 cm³/mol. The van der Waals surface area contributed by atoms with Crippen LogP contribution in [0.25, 0.3) is 0 Å². The minimum atomic E-state index is -0.322. The van der Waals surface area contributed by atoms with Crippen LogP contribution in [-0.4, -0.2) is 25.2 Å². The lowest BCUT2D eigenvalue weighted by Gasteiger charge is -2.34. The average Bonchev–Trinajstić information content (AvgIpc) is 2.34. The van der Waals surface area contributed by atoms with Crippen molar-refractivity contribution >= 4 is 6.09 Å². The number of amides is 1. The van der Waals surface area contributed by atoms with Gasteiger partial charge in [0.05, 0.1) is 0 Å². The molecule has 1 unspecified atom stereocenters. The second-order valence-electron chi connectivity index (χ2n) is 4.64. The van der Waals surface area contributed by atoms with E-state index in [1.807, 2.05) is 30.3 Å². The Labute approximate surface area is 108 Å². The minimum Gasteiger partial charge on any atom is -0.445 e. The van der Waals surface area contributed by atoms with E-state index in [1.54, 1.807) is 0 Å². The monoisotopic (exact) mass is 248 g/mol. The Morgan fingerprint density at radius 1 is 1.44 bits per heavy atom. The predicted octanol–water partition coefficient (Wildman–Crippen LogP) is 1.91. The number of alkyl carbamates (subject to hydrolysis) is 1. The van der Waals surface area contributed by atoms with Crippen molar-refractivity contribution in [3.05, 3.63) is 35.9 Å². The van der Waals surface area contributed by atoms with Gasteiger partial charge in [-0.15, -0.1) is 0 Å². The number of hydrogen-bond acceptors (Lipinski definition) is 3. The van der Waals surface area contributed by atoms with Crippen molar-refractivity contribution in [3.63, 3.8) is 0 Å². The summed E-state index contributed by atoms with van der Waals surface area (Å²) in [6, 6.07) is 9.92. The van der Waals surface area contributed by atoms with Gasteiger partial charge in [-0.2, -0.15) is 0 Å². The van der Waals surface area contributed by atoms with E-state index in [4.69, 9.17) is 4.74 Å². The fraction of sp³-hybridized carbons (Fsp3) is 0.500. The topological polar surface area (TPSA) is 50.4 Å². The fourth-order valence-corrected chi connectivity index (χ4v) is 2.06. The molecule has 1 amide bonds. The van der Waals surface area contributed by atoms with Gasteiger partial charge in [-0.25, -0.2) is 4.79 Å². The first-order valence-corrected chi connectivity index (χ1v) is 6.47. The van der Waals surface area contributed by atoms with Gasteiger partial charge in [0.2, 0.25) is 0 Å². The molecule has 1 fully saturated rings. The van der Waals surface area contributed by atoms with Crippen LogP contribution in [0.2, 0.25) is 0 Å². The van der Waals surface area contributed by atoms with Crippen LogP contribution in [0.15, 0.2) is 30.3 Å². The first-order valence-electron chi connectivity index (χ1n) is 6.47. The lowest BCUT2D eigenvalue weighted by molar-refractivity contribution is 0.127. The van der Waals surface area contributed by atoms with Crippen LogP contribution in [-0.2, 0) is 11.3 Å². The molecule has 1 atom stereocenters. The number of nitrogens with one attached hydrogen (secondary N) is 2. The van der Waals surface area contributed by atoms with Crippen LogP contribution in [0.1, 0.15) is 18.9 Å². The smallest absolute Gasteiger partial charge is 0.407 e. The third-order valence-corrected chi connectivity index (χ3v) is 3.34. The summed E-state index contributed by atoms with van der Waals surface area (Å²) >= 11 is 0. The normalized spacial score (nSPS) is 16.7. The molecule has 1 aromatic rings. The van der Waals surface area contributed by atoms with E-state index in [0.29, 0.717) is 12.5 Å². The molecule has 0 aromatic heterocycles. The molecule has 98 valence electrons. The largest absolute Gasteiger partial charge is 0.445 e. The van der Waals surface area contributed by atoms with E-state index in [9.17, 15) is 4.79 Å². The van der Waals surface area contributed by atoms with E-state index in [0.717, 1.165) is 25.1 Å². The van der Waals surface area contributed by atoms with Gasteiger partial charge < -0.3 is 15.4 Å². The van der Waals surface area contributed by atoms with Gasteiger partial charge in [-0.3, -0.25) is 0 Å². The Morgan fingerprint density at radius 2 is 2.17 bits per heavy atom. The number of ether oxygens (including phenoxy) is 1. The molecule has 4 nitrogen and oxygen atoms in total. The van der Waals surface area contributed by atoms with E-state index >= 15 is 0 Å². The Morgan fingerprint density at radius 3 is 2.72 bits per heavy atom. The molecule has 18 heavy (non-hydrogen) atoms. The molecular weight excluding hydrogens is 228 g/mol. The van der Waals surface area contributed by atoms with Crippen LogP contribution in [0.5, 0.6) is 0 Å². The molecule has 1 aliphatic heterocycles. The quantitative estimate of drug-likeness (QED) is 0.837. The molecule has 2 rings (SSSR count). The summed E-state index contributed by atoms with van der Waals surface area (Å²) in [6.45, 7) is 4.38. The molecule has 1 aromatic carbocycles. The molecule has 1 heterocycles. The zero-order valence-electron chi connectivity index (χ0n) is 10.7. The van der Waals surface area contributed by atoms with Gasteiger partial charge in [-0.1, -0.05) is 37.3 Å². The summed E-state index contributed by atoms with van der Waals surface area (Å²) in [5.41, 5.74) is 1.01. The van der Waals surface area contributed by atoms with E-state index in [1.165, 1.54) is 0 Å². The van der Waals surface area contributed by atoms with Crippen LogP contribution in [0, 0.1) is 5.92 Å². The highest BCUT2D eigenvalue weighted by Gasteiger charge is 2.27. The Kier molecular flexibility index (Phi) is 4.59. The molecule has 0 radical (unpaired) electrons. The van der Waals surface area contributed by atoms with E-state index in [2.05, 4.69) is 17.6 Å². The van der Waals surface area contributed by atoms with E-state index < -0.39 is 0 Å². The summed E-state index contributed by atoms with van der Waals surface area (Å²) in [6.07, 6.45) is 0.616. The zero-order valence-corrected chi connectivity index (χ0v) is 10.7. The van der Waals surface area contributed by atoms with Crippen LogP contribution < -0.4 is 10.6 Å². The van der Waals surface area contributed by atoms with Gasteiger partial charge in [0, 0.05) is 25.0 Å². The highest BCUT2D eigenvalue weighted by molar-refractivity contribution is 5.67. The van der Waals surface area contributed by atoms with Crippen molar-refractivity contribution in [1.29, 1.82) is 0 Å². The summed E-state index contributed by atoms with van der Waals surface area (Å²) in [4.78, 5) is 11.7. The minimum absolute atomic E-state index is 0.217. The van der Waals surface area contributed by atoms with Crippen molar-refractivity contribution in [2.24, 2.45) is 5.92 Å². The van der Waals surface area contributed by atoms with Crippen LogP contribution >= 0.6 is 0 Å². The van der Waals surface area contributed by atoms with Crippen molar-refractivity contribution in [2.75, 3.05) is 13.1 Å². The second kappa shape index (κ2) is 6.40. The number of rotatable bonds is 5. The maximum atomic E-state index is 11.7. The summed E-state index contributed by atoms with van der Waals surface area (Å²) in [5.74, 6) is 0.541. The Bertz CT molecular complexity index is 377. The van der Waals surface area contributed by atoms with Crippen LogP contribution in [0.4, 0.5) is 4.79 Å². The molecule has 0 spiro atoms. The van der Waals surface area contributed by atoms with Gasteiger partial charge in [0.15, 0.2) is 0 Å². The van der Waals surface area contributed by atoms with Crippen molar-refractivity contribution in [2.45, 2.75) is 26.0 Å². The third-order valence-electron chi connectivity index (χ3n) is 3.34. The van der Waals surface area contributed by atoms with Gasteiger partial charge in [-0.05, 0) is 12.0 Å². The maximum Gasteiger partial charge on any atom is 0.407 e. The number of carbonyl (C=O) groups excluding carboxylic acids is 1. The number of carbonyl (C=O) groups is 1. The molecule has 4 heteroatoms. The molecule has 1 saturated heterocycles. The van der Waals surface area contributed by atoms with Crippen LogP contribution in [0.3, 0.4) is 0 Å². The van der Waals surface area contributed by atoms with Crippen molar-refractivity contribution < 1.29 is 9.53 Å². The highest BCUT2D eigenvalue weighted by atomic mass is 16.5. The SMILES string of the molecule is CCC(NC(=O)OCc1ccccc1)C1CNC1. The average molecular weight is 248 g/mol. The maximum absolute atomic E-state index is 11.7. The van der Waals surface area contributed by atoms with Crippen molar-refractivity contribution in [1.82, 2.24) is 10.6 Å². The standard InChI is InChI=1S/C14H20N2O2/c1-2-13(12-8-15-9-12)16-14(17)18-10-11-6-4-3-5-7-11/h3-7,12-13,15H,2,8-10H2,1H3,(H,16,17). The summed E-state index contributed by atoms with van der Waals surface area (Å²) < 4.78 is 5.21. The highest BCUT2D eigenvalue weighted by Crippen LogP contribution is 2.12. The van der Waals surface area contributed by atoms with E-state index in [-0.39, 0.29) is 12.1 Å². The Hall–Kier alpha value is -1.55. The lowest BCUT2D eigenvalue weighted by Crippen LogP contribution is -2.54. The lowest BCUT2D eigenvalue weighted by atomic mass is 9.92. The fourth-order valence-electron chi connectivity index (χ4n) is 2.06.